The van der Waals surface area contributed by atoms with Gasteiger partial charge in [-0.1, -0.05) is 12.1 Å². The van der Waals surface area contributed by atoms with Gasteiger partial charge in [-0.3, -0.25) is 10.2 Å². The molecule has 0 radical (unpaired) electrons. The van der Waals surface area contributed by atoms with E-state index >= 15 is 0 Å². The van der Waals surface area contributed by atoms with Crippen LogP contribution in [0.4, 0.5) is 5.69 Å². The first-order chi connectivity index (χ1) is 7.49. The van der Waals surface area contributed by atoms with Gasteiger partial charge in [0.25, 0.3) is 0 Å². The van der Waals surface area contributed by atoms with Gasteiger partial charge in [-0.25, -0.2) is 0 Å². The van der Waals surface area contributed by atoms with Gasteiger partial charge in [0.1, 0.15) is 6.04 Å². The molecule has 6 heteroatoms. The SMILES string of the molecule is N=C(N)Nc1cccc(C[C@@H](N)C(=O)O)c1. The Bertz CT molecular complexity index is 406. The van der Waals surface area contributed by atoms with Crippen LogP contribution in [0.2, 0.25) is 0 Å². The second-order valence-corrected chi connectivity index (χ2v) is 3.39. The number of rotatable bonds is 4. The molecule has 0 aliphatic heterocycles. The lowest BCUT2D eigenvalue weighted by molar-refractivity contribution is -0.138. The van der Waals surface area contributed by atoms with E-state index in [-0.39, 0.29) is 12.4 Å². The first kappa shape index (κ1) is 12.0. The Morgan fingerprint density at radius 3 is 2.81 bits per heavy atom. The third-order valence-electron chi connectivity index (χ3n) is 1.98. The smallest absolute Gasteiger partial charge is 0.320 e. The van der Waals surface area contributed by atoms with Crippen LogP contribution in [0.15, 0.2) is 24.3 Å². The Morgan fingerprint density at radius 2 is 2.25 bits per heavy atom. The summed E-state index contributed by atoms with van der Waals surface area (Å²) in [5.41, 5.74) is 12.0. The second-order valence-electron chi connectivity index (χ2n) is 3.39. The topological polar surface area (TPSA) is 125 Å². The van der Waals surface area contributed by atoms with Crippen LogP contribution >= 0.6 is 0 Å². The number of carboxylic acids is 1. The fourth-order valence-corrected chi connectivity index (χ4v) is 1.27. The number of hydrogen-bond acceptors (Lipinski definition) is 3. The maximum atomic E-state index is 10.6. The highest BCUT2D eigenvalue weighted by atomic mass is 16.4. The Hall–Kier alpha value is -2.08. The van der Waals surface area contributed by atoms with Gasteiger partial charge in [0, 0.05) is 5.69 Å². The number of guanidine groups is 1. The monoisotopic (exact) mass is 222 g/mol. The Labute approximate surface area is 92.8 Å². The minimum absolute atomic E-state index is 0.167. The molecule has 0 saturated carbocycles. The molecule has 0 fully saturated rings. The van der Waals surface area contributed by atoms with Crippen LogP contribution < -0.4 is 16.8 Å². The summed E-state index contributed by atoms with van der Waals surface area (Å²) < 4.78 is 0. The lowest BCUT2D eigenvalue weighted by atomic mass is 10.1. The average Bonchev–Trinajstić information content (AvgIpc) is 2.16. The number of carbonyl (C=O) groups is 1. The molecule has 0 unspecified atom stereocenters. The number of anilines is 1. The van der Waals surface area contributed by atoms with Crippen LogP contribution in [0.5, 0.6) is 0 Å². The molecule has 0 aliphatic carbocycles. The molecule has 0 saturated heterocycles. The summed E-state index contributed by atoms with van der Waals surface area (Å²) in [4.78, 5) is 10.6. The Morgan fingerprint density at radius 1 is 1.56 bits per heavy atom. The first-order valence-electron chi connectivity index (χ1n) is 4.67. The van der Waals surface area contributed by atoms with E-state index in [4.69, 9.17) is 22.0 Å². The van der Waals surface area contributed by atoms with Gasteiger partial charge in [0.05, 0.1) is 0 Å². The van der Waals surface area contributed by atoms with Gasteiger partial charge in [-0.05, 0) is 24.1 Å². The predicted octanol–water partition coefficient (Wildman–Crippen LogP) is -0.0536. The predicted molar refractivity (Wildman–Crippen MR) is 61.3 cm³/mol. The largest absolute Gasteiger partial charge is 0.480 e. The molecule has 0 aliphatic rings. The third kappa shape index (κ3) is 3.58. The number of aliphatic carboxylic acids is 1. The molecule has 1 rings (SSSR count). The van der Waals surface area contributed by atoms with Gasteiger partial charge in [-0.2, -0.15) is 0 Å². The van der Waals surface area contributed by atoms with Gasteiger partial charge in [-0.15, -0.1) is 0 Å². The number of hydrogen-bond donors (Lipinski definition) is 5. The fourth-order valence-electron chi connectivity index (χ4n) is 1.27. The van der Waals surface area contributed by atoms with Crippen molar-refractivity contribution in [3.05, 3.63) is 29.8 Å². The van der Waals surface area contributed by atoms with E-state index in [2.05, 4.69) is 5.32 Å². The average molecular weight is 222 g/mol. The zero-order valence-electron chi connectivity index (χ0n) is 8.60. The quantitative estimate of drug-likeness (QED) is 0.360. The van der Waals surface area contributed by atoms with Gasteiger partial charge >= 0.3 is 5.97 Å². The van der Waals surface area contributed by atoms with Crippen LogP contribution in [0.3, 0.4) is 0 Å². The van der Waals surface area contributed by atoms with E-state index in [1.54, 1.807) is 24.3 Å². The van der Waals surface area contributed by atoms with Crippen LogP contribution in [-0.2, 0) is 11.2 Å². The van der Waals surface area contributed by atoms with E-state index in [1.807, 2.05) is 0 Å². The first-order valence-corrected chi connectivity index (χ1v) is 4.67. The van der Waals surface area contributed by atoms with E-state index in [0.29, 0.717) is 5.69 Å². The van der Waals surface area contributed by atoms with Crippen LogP contribution in [0.1, 0.15) is 5.56 Å². The van der Waals surface area contributed by atoms with Crippen molar-refractivity contribution in [1.29, 1.82) is 5.41 Å². The number of nitrogens with two attached hydrogens (primary N) is 2. The molecule has 0 amide bonds. The van der Waals surface area contributed by atoms with Crippen molar-refractivity contribution in [2.45, 2.75) is 12.5 Å². The maximum Gasteiger partial charge on any atom is 0.320 e. The number of nitrogens with one attached hydrogen (secondary N) is 2. The third-order valence-corrected chi connectivity index (χ3v) is 1.98. The normalized spacial score (nSPS) is 11.8. The molecular formula is C10H14N4O2. The summed E-state index contributed by atoms with van der Waals surface area (Å²) in [5, 5.41) is 18.3. The maximum absolute atomic E-state index is 10.6. The van der Waals surface area contributed by atoms with Crippen molar-refractivity contribution in [3.8, 4) is 0 Å². The van der Waals surface area contributed by atoms with Crippen molar-refractivity contribution in [2.24, 2.45) is 11.5 Å². The van der Waals surface area contributed by atoms with Gasteiger partial charge in [0.2, 0.25) is 0 Å². The number of benzene rings is 1. The summed E-state index contributed by atoms with van der Waals surface area (Å²) in [6.07, 6.45) is 0.239. The molecule has 86 valence electrons. The lowest BCUT2D eigenvalue weighted by Crippen LogP contribution is -2.32. The summed E-state index contributed by atoms with van der Waals surface area (Å²) in [7, 11) is 0. The summed E-state index contributed by atoms with van der Waals surface area (Å²) in [6, 6.07) is 6.04. The molecule has 1 aromatic rings. The molecule has 1 atom stereocenters. The molecule has 16 heavy (non-hydrogen) atoms. The zero-order valence-corrected chi connectivity index (χ0v) is 8.60. The lowest BCUT2D eigenvalue weighted by Gasteiger charge is -2.09. The van der Waals surface area contributed by atoms with Gasteiger partial charge < -0.3 is 21.9 Å². The van der Waals surface area contributed by atoms with Gasteiger partial charge in [0.15, 0.2) is 5.96 Å². The molecule has 0 aromatic heterocycles. The molecular weight excluding hydrogens is 208 g/mol. The molecule has 0 bridgehead atoms. The van der Waals surface area contributed by atoms with Crippen molar-refractivity contribution in [3.63, 3.8) is 0 Å². The second kappa shape index (κ2) is 5.13. The Balaban J connectivity index is 2.74. The van der Waals surface area contributed by atoms with Crippen LogP contribution in [0.25, 0.3) is 0 Å². The minimum Gasteiger partial charge on any atom is -0.480 e. The van der Waals surface area contributed by atoms with E-state index < -0.39 is 12.0 Å². The number of carboxylic acid groups (broad SMARTS) is 1. The molecule has 0 spiro atoms. The van der Waals surface area contributed by atoms with Crippen molar-refractivity contribution in [1.82, 2.24) is 0 Å². The summed E-state index contributed by atoms with van der Waals surface area (Å²) in [5.74, 6) is -1.20. The highest BCUT2D eigenvalue weighted by Crippen LogP contribution is 2.11. The fraction of sp³-hybridized carbons (Fsp3) is 0.200. The molecule has 0 heterocycles. The van der Waals surface area contributed by atoms with Crippen LogP contribution in [0, 0.1) is 5.41 Å². The van der Waals surface area contributed by atoms with E-state index in [9.17, 15) is 4.79 Å². The highest BCUT2D eigenvalue weighted by Gasteiger charge is 2.11. The van der Waals surface area contributed by atoms with E-state index in [0.717, 1.165) is 5.56 Å². The van der Waals surface area contributed by atoms with Crippen molar-refractivity contribution >= 4 is 17.6 Å². The minimum atomic E-state index is -1.04. The summed E-state index contributed by atoms with van der Waals surface area (Å²) >= 11 is 0. The molecule has 1 aromatic carbocycles. The van der Waals surface area contributed by atoms with Crippen molar-refractivity contribution < 1.29 is 9.90 Å². The summed E-state index contributed by atoms with van der Waals surface area (Å²) in [6.45, 7) is 0. The van der Waals surface area contributed by atoms with Crippen LogP contribution in [-0.4, -0.2) is 23.1 Å². The molecule has 6 nitrogen and oxygen atoms in total. The van der Waals surface area contributed by atoms with E-state index in [1.165, 1.54) is 0 Å². The zero-order chi connectivity index (χ0) is 12.1. The van der Waals surface area contributed by atoms with Crippen molar-refractivity contribution in [2.75, 3.05) is 5.32 Å². The Kier molecular flexibility index (Phi) is 3.84. The highest BCUT2D eigenvalue weighted by molar-refractivity contribution is 5.89. The molecule has 7 N–H and O–H groups in total. The standard InChI is InChI=1S/C10H14N4O2/c11-8(9(15)16)5-6-2-1-3-7(4-6)14-10(12)13/h1-4,8H,5,11H2,(H,15,16)(H4,12,13,14)/t8-/m1/s1.